The van der Waals surface area contributed by atoms with E-state index in [2.05, 4.69) is 152 Å². The normalized spacial score (nSPS) is 11.1. The highest BCUT2D eigenvalue weighted by atomic mass is 15.0. The molecule has 6 aromatic carbocycles. The molecule has 0 atom stereocenters. The molecule has 0 fully saturated rings. The fourth-order valence-corrected chi connectivity index (χ4v) is 6.04. The van der Waals surface area contributed by atoms with Gasteiger partial charge in [-0.3, -0.25) is 0 Å². The van der Waals surface area contributed by atoms with Crippen molar-refractivity contribution >= 4 is 21.8 Å². The van der Waals surface area contributed by atoms with Crippen LogP contribution in [-0.2, 0) is 0 Å². The summed E-state index contributed by atoms with van der Waals surface area (Å²) in [5.74, 6) is 0. The minimum atomic E-state index is 0.678. The van der Waals surface area contributed by atoms with E-state index in [0.29, 0.717) is 5.56 Å². The lowest BCUT2D eigenvalue weighted by molar-refractivity contribution is 1.18. The van der Waals surface area contributed by atoms with Crippen LogP contribution in [0.5, 0.6) is 0 Å². The molecule has 0 unspecified atom stereocenters. The highest BCUT2D eigenvalue weighted by Crippen LogP contribution is 2.40. The fourth-order valence-electron chi connectivity index (χ4n) is 6.04. The molecule has 7 rings (SSSR count). The van der Waals surface area contributed by atoms with Gasteiger partial charge in [-0.05, 0) is 66.9 Å². The molecule has 7 aromatic rings. The van der Waals surface area contributed by atoms with Gasteiger partial charge in [0.15, 0.2) is 0 Å². The smallest absolute Gasteiger partial charge is 0.100 e. The van der Waals surface area contributed by atoms with E-state index in [1.54, 1.807) is 0 Å². The van der Waals surface area contributed by atoms with Crippen LogP contribution in [0.4, 0.5) is 0 Å². The SMILES string of the molecule is Cc1ccc2c(c1)c1cc(C)ccc1n2-c1ccccc1-c1cccc(-c2cccc(-c3ccccc3)c2)c1C#N. The third-order valence-corrected chi connectivity index (χ3v) is 7.97. The van der Waals surface area contributed by atoms with Crippen molar-refractivity contribution < 1.29 is 0 Å². The van der Waals surface area contributed by atoms with Crippen molar-refractivity contribution in [1.82, 2.24) is 4.57 Å². The zero-order valence-corrected chi connectivity index (χ0v) is 23.1. The van der Waals surface area contributed by atoms with Gasteiger partial charge in [0.2, 0.25) is 0 Å². The summed E-state index contributed by atoms with van der Waals surface area (Å²) in [6, 6.07) is 49.4. The number of hydrogen-bond donors (Lipinski definition) is 0. The van der Waals surface area contributed by atoms with Crippen LogP contribution in [0.25, 0.3) is 60.9 Å². The Morgan fingerprint density at radius 1 is 0.488 bits per heavy atom. The van der Waals surface area contributed by atoms with Crippen LogP contribution >= 0.6 is 0 Å². The average Bonchev–Trinajstić information content (AvgIpc) is 3.33. The molecule has 2 heteroatoms. The van der Waals surface area contributed by atoms with Gasteiger partial charge in [0.1, 0.15) is 6.07 Å². The molecule has 0 aliphatic carbocycles. The summed E-state index contributed by atoms with van der Waals surface area (Å²) in [7, 11) is 0. The second-order valence-electron chi connectivity index (χ2n) is 10.7. The maximum atomic E-state index is 10.6. The Bertz CT molecular complexity index is 2060. The van der Waals surface area contributed by atoms with Crippen molar-refractivity contribution in [2.45, 2.75) is 13.8 Å². The molecular formula is C39H28N2. The molecule has 0 N–H and O–H groups in total. The second kappa shape index (κ2) is 9.97. The van der Waals surface area contributed by atoms with Gasteiger partial charge in [0.05, 0.1) is 22.3 Å². The molecule has 0 aliphatic rings. The zero-order chi connectivity index (χ0) is 27.9. The summed E-state index contributed by atoms with van der Waals surface area (Å²) in [5, 5.41) is 13.1. The van der Waals surface area contributed by atoms with Crippen LogP contribution in [0, 0.1) is 25.2 Å². The van der Waals surface area contributed by atoms with Gasteiger partial charge >= 0.3 is 0 Å². The maximum Gasteiger partial charge on any atom is 0.100 e. The van der Waals surface area contributed by atoms with Crippen LogP contribution in [0.15, 0.2) is 133 Å². The van der Waals surface area contributed by atoms with E-state index in [1.165, 1.54) is 21.9 Å². The minimum absolute atomic E-state index is 0.678. The summed E-state index contributed by atoms with van der Waals surface area (Å²) < 4.78 is 2.35. The van der Waals surface area contributed by atoms with Crippen LogP contribution in [0.1, 0.15) is 16.7 Å². The minimum Gasteiger partial charge on any atom is -0.309 e. The molecule has 194 valence electrons. The molecule has 1 heterocycles. The Hall–Kier alpha value is -5.39. The van der Waals surface area contributed by atoms with Gasteiger partial charge in [-0.25, -0.2) is 0 Å². The number of rotatable bonds is 4. The zero-order valence-electron chi connectivity index (χ0n) is 23.1. The Balaban J connectivity index is 1.46. The summed E-state index contributed by atoms with van der Waals surface area (Å²) in [6.07, 6.45) is 0. The van der Waals surface area contributed by atoms with E-state index in [9.17, 15) is 5.26 Å². The highest BCUT2D eigenvalue weighted by Gasteiger charge is 2.19. The number of aromatic nitrogens is 1. The Morgan fingerprint density at radius 3 is 1.76 bits per heavy atom. The van der Waals surface area contributed by atoms with Gasteiger partial charge in [0, 0.05) is 27.5 Å². The molecule has 0 saturated heterocycles. The predicted octanol–water partition coefficient (Wildman–Crippen LogP) is 10.3. The van der Waals surface area contributed by atoms with Crippen molar-refractivity contribution in [2.75, 3.05) is 0 Å². The number of nitriles is 1. The van der Waals surface area contributed by atoms with Crippen molar-refractivity contribution in [3.8, 4) is 45.1 Å². The first-order valence-electron chi connectivity index (χ1n) is 13.9. The number of hydrogen-bond acceptors (Lipinski definition) is 1. The van der Waals surface area contributed by atoms with E-state index in [1.807, 2.05) is 6.07 Å². The predicted molar refractivity (Wildman–Crippen MR) is 171 cm³/mol. The Morgan fingerprint density at radius 2 is 1.05 bits per heavy atom. The van der Waals surface area contributed by atoms with Crippen LogP contribution in [0.2, 0.25) is 0 Å². The van der Waals surface area contributed by atoms with Crippen molar-refractivity contribution in [1.29, 1.82) is 5.26 Å². The van der Waals surface area contributed by atoms with E-state index in [-0.39, 0.29) is 0 Å². The van der Waals surface area contributed by atoms with Crippen LogP contribution in [-0.4, -0.2) is 4.57 Å². The summed E-state index contributed by atoms with van der Waals surface area (Å²) >= 11 is 0. The number of nitrogens with zero attached hydrogens (tertiary/aromatic N) is 2. The molecule has 1 aromatic heterocycles. The Labute approximate surface area is 240 Å². The lowest BCUT2D eigenvalue weighted by Gasteiger charge is -2.17. The quantitative estimate of drug-likeness (QED) is 0.225. The lowest BCUT2D eigenvalue weighted by Crippen LogP contribution is -1.99. The van der Waals surface area contributed by atoms with Crippen molar-refractivity contribution in [2.24, 2.45) is 0 Å². The first-order chi connectivity index (χ1) is 20.1. The highest BCUT2D eigenvalue weighted by molar-refractivity contribution is 6.10. The van der Waals surface area contributed by atoms with Gasteiger partial charge in [-0.1, -0.05) is 108 Å². The lowest BCUT2D eigenvalue weighted by atomic mass is 9.90. The second-order valence-corrected chi connectivity index (χ2v) is 10.7. The largest absolute Gasteiger partial charge is 0.309 e. The van der Waals surface area contributed by atoms with Gasteiger partial charge in [-0.15, -0.1) is 0 Å². The maximum absolute atomic E-state index is 10.6. The molecule has 41 heavy (non-hydrogen) atoms. The molecule has 0 bridgehead atoms. The molecule has 0 aliphatic heterocycles. The number of para-hydroxylation sites is 1. The molecule has 0 amide bonds. The monoisotopic (exact) mass is 524 g/mol. The average molecular weight is 525 g/mol. The van der Waals surface area contributed by atoms with Crippen LogP contribution < -0.4 is 0 Å². The van der Waals surface area contributed by atoms with Gasteiger partial charge in [-0.2, -0.15) is 5.26 Å². The third-order valence-electron chi connectivity index (χ3n) is 7.97. The van der Waals surface area contributed by atoms with Gasteiger partial charge in [0.25, 0.3) is 0 Å². The molecule has 0 radical (unpaired) electrons. The third kappa shape index (κ3) is 4.20. The van der Waals surface area contributed by atoms with E-state index < -0.39 is 0 Å². The molecule has 0 saturated carbocycles. The summed E-state index contributed by atoms with van der Waals surface area (Å²) in [4.78, 5) is 0. The molecule has 2 nitrogen and oxygen atoms in total. The summed E-state index contributed by atoms with van der Waals surface area (Å²) in [6.45, 7) is 4.29. The first-order valence-corrected chi connectivity index (χ1v) is 13.9. The van der Waals surface area contributed by atoms with E-state index in [4.69, 9.17) is 0 Å². The Kier molecular flexibility index (Phi) is 5.99. The topological polar surface area (TPSA) is 28.7 Å². The number of benzene rings is 6. The fraction of sp³-hybridized carbons (Fsp3) is 0.0513. The van der Waals surface area contributed by atoms with Gasteiger partial charge < -0.3 is 4.57 Å². The molecular weight excluding hydrogens is 496 g/mol. The first kappa shape index (κ1) is 24.6. The van der Waals surface area contributed by atoms with Crippen LogP contribution in [0.3, 0.4) is 0 Å². The van der Waals surface area contributed by atoms with Crippen molar-refractivity contribution in [3.63, 3.8) is 0 Å². The number of fused-ring (bicyclic) bond motifs is 3. The summed E-state index contributed by atoms with van der Waals surface area (Å²) in [5.41, 5.74) is 12.8. The van der Waals surface area contributed by atoms with E-state index >= 15 is 0 Å². The number of aryl methyl sites for hydroxylation is 2. The molecule has 0 spiro atoms. The van der Waals surface area contributed by atoms with E-state index in [0.717, 1.165) is 50.1 Å². The van der Waals surface area contributed by atoms with Crippen molar-refractivity contribution in [3.05, 3.63) is 150 Å². The standard InChI is InChI=1S/C39H28N2/c1-26-18-20-38-34(22-26)35-23-27(2)19-21-39(35)41(38)37-17-7-6-14-33(37)32-16-9-15-31(36(32)25-40)30-13-8-12-29(24-30)28-10-4-3-5-11-28/h3-24H,1-2H3.